The molecule has 20 heavy (non-hydrogen) atoms. The van der Waals surface area contributed by atoms with E-state index in [2.05, 4.69) is 33.0 Å². The third-order valence-corrected chi connectivity index (χ3v) is 4.08. The van der Waals surface area contributed by atoms with Crippen LogP contribution in [-0.4, -0.2) is 15.5 Å². The molecule has 2 aromatic carbocycles. The predicted octanol–water partition coefficient (Wildman–Crippen LogP) is 4.41. The van der Waals surface area contributed by atoms with Crippen LogP contribution in [0.3, 0.4) is 0 Å². The van der Waals surface area contributed by atoms with Crippen LogP contribution in [0.2, 0.25) is 0 Å². The highest BCUT2D eigenvalue weighted by Gasteiger charge is 1.90. The molecule has 0 saturated carbocycles. The van der Waals surface area contributed by atoms with Gasteiger partial charge in [0, 0.05) is 23.2 Å². The van der Waals surface area contributed by atoms with Gasteiger partial charge in [0.15, 0.2) is 0 Å². The van der Waals surface area contributed by atoms with Crippen LogP contribution in [0.15, 0.2) is 60.9 Å². The number of hydrogen-bond donors (Lipinski definition) is 0. The number of carbonyl (C=O) groups is 1. The van der Waals surface area contributed by atoms with E-state index in [1.54, 1.807) is 0 Å². The molecule has 0 atom stereocenters. The molecule has 0 aliphatic carbocycles. The van der Waals surface area contributed by atoms with Gasteiger partial charge in [-0.3, -0.25) is 0 Å². The van der Waals surface area contributed by atoms with Gasteiger partial charge in [0.1, 0.15) is 6.79 Å². The van der Waals surface area contributed by atoms with Crippen molar-refractivity contribution >= 4 is 50.0 Å². The van der Waals surface area contributed by atoms with E-state index in [1.807, 2.05) is 43.4 Å². The quantitative estimate of drug-likeness (QED) is 0.483. The summed E-state index contributed by atoms with van der Waals surface area (Å²) in [6, 6.07) is 16.4. The van der Waals surface area contributed by atoms with E-state index in [0.717, 1.165) is 0 Å². The molecule has 0 unspecified atom stereocenters. The second-order valence-corrected chi connectivity index (χ2v) is 5.39. The van der Waals surface area contributed by atoms with Gasteiger partial charge in [-0.1, -0.05) is 36.4 Å². The van der Waals surface area contributed by atoms with Crippen LogP contribution in [0.1, 0.15) is 0 Å². The fraction of sp³-hybridized carbons (Fsp3) is 0. The van der Waals surface area contributed by atoms with E-state index in [9.17, 15) is 0 Å². The van der Waals surface area contributed by atoms with Gasteiger partial charge in [0.2, 0.25) is 0 Å². The number of fused-ring (bicyclic) bond motifs is 2. The maximum absolute atomic E-state index is 8.00. The molecule has 100 valence electrons. The van der Waals surface area contributed by atoms with Crippen LogP contribution in [0, 0.1) is 0 Å². The second-order valence-electron chi connectivity index (χ2n) is 3.73. The van der Waals surface area contributed by atoms with E-state index >= 15 is 0 Å². The number of benzene rings is 2. The summed E-state index contributed by atoms with van der Waals surface area (Å²) in [5.74, 6) is 0. The summed E-state index contributed by atoms with van der Waals surface area (Å²) in [5.41, 5.74) is 0. The summed E-state index contributed by atoms with van der Waals surface area (Å²) in [6.07, 6.45) is 3.78. The molecule has 0 fully saturated rings. The Labute approximate surface area is 124 Å². The Morgan fingerprint density at radius 1 is 0.700 bits per heavy atom. The molecule has 0 N–H and O–H groups in total. The summed E-state index contributed by atoms with van der Waals surface area (Å²) in [6.45, 7) is 2.00. The van der Waals surface area contributed by atoms with Crippen molar-refractivity contribution in [2.75, 3.05) is 0 Å². The van der Waals surface area contributed by atoms with Crippen LogP contribution in [0.4, 0.5) is 0 Å². The minimum absolute atomic E-state index is 1.24. The van der Waals surface area contributed by atoms with Gasteiger partial charge in [-0.2, -0.15) is 8.75 Å². The Balaban J connectivity index is 0.000000131. The van der Waals surface area contributed by atoms with Crippen molar-refractivity contribution in [3.63, 3.8) is 0 Å². The van der Waals surface area contributed by atoms with Gasteiger partial charge in [-0.15, -0.1) is 0 Å². The average Bonchev–Trinajstić information content (AvgIpc) is 3.18. The third-order valence-electron chi connectivity index (χ3n) is 2.52. The molecule has 0 bridgehead atoms. The molecule has 0 radical (unpaired) electrons. The molecular weight excluding hydrogens is 288 g/mol. The molecule has 2 heterocycles. The average molecular weight is 300 g/mol. The highest BCUT2D eigenvalue weighted by Crippen LogP contribution is 2.16. The Bertz CT molecular complexity index is 653. The molecule has 0 saturated heterocycles. The van der Waals surface area contributed by atoms with Gasteiger partial charge in [0.25, 0.3) is 0 Å². The number of aromatic nitrogens is 2. The van der Waals surface area contributed by atoms with Crippen molar-refractivity contribution in [1.29, 1.82) is 0 Å². The van der Waals surface area contributed by atoms with Crippen LogP contribution >= 0.6 is 23.1 Å². The Morgan fingerprint density at radius 3 is 1.50 bits per heavy atom. The van der Waals surface area contributed by atoms with Gasteiger partial charge in [0.05, 0.1) is 9.40 Å². The first-order valence-corrected chi connectivity index (χ1v) is 7.36. The van der Waals surface area contributed by atoms with E-state index in [4.69, 9.17) is 4.79 Å². The maximum atomic E-state index is 8.00. The van der Waals surface area contributed by atoms with Crippen molar-refractivity contribution < 1.29 is 4.79 Å². The smallest absolute Gasteiger partial charge is 0.106 e. The molecular formula is C15H12N2OS2. The van der Waals surface area contributed by atoms with Crippen molar-refractivity contribution in [2.24, 2.45) is 0 Å². The van der Waals surface area contributed by atoms with E-state index in [1.165, 1.54) is 43.2 Å². The molecule has 0 spiro atoms. The summed E-state index contributed by atoms with van der Waals surface area (Å²) < 4.78 is 10.6. The lowest BCUT2D eigenvalue weighted by molar-refractivity contribution is -0.0979. The van der Waals surface area contributed by atoms with Crippen LogP contribution < -0.4 is 0 Å². The Kier molecular flexibility index (Phi) is 5.34. The molecule has 0 aliphatic heterocycles. The molecule has 5 heteroatoms. The largest absolute Gasteiger partial charge is 0.307 e. The zero-order valence-corrected chi connectivity index (χ0v) is 12.2. The van der Waals surface area contributed by atoms with Gasteiger partial charge < -0.3 is 4.79 Å². The molecule has 4 rings (SSSR count). The first kappa shape index (κ1) is 14.3. The summed E-state index contributed by atoms with van der Waals surface area (Å²) in [4.78, 5) is 8.00. The standard InChI is InChI=1S/2C7H5NS.CH2O/c2*1-2-4-7-6(3-1)5-8-9-7;1-2/h2*1-5H;1H2. The number of nitrogens with zero attached hydrogens (tertiary/aromatic N) is 2. The highest BCUT2D eigenvalue weighted by atomic mass is 32.1. The molecule has 2 aromatic heterocycles. The van der Waals surface area contributed by atoms with Crippen LogP contribution in [0.5, 0.6) is 0 Å². The molecule has 3 nitrogen and oxygen atoms in total. The van der Waals surface area contributed by atoms with Gasteiger partial charge >= 0.3 is 0 Å². The normalized spacial score (nSPS) is 9.40. The lowest BCUT2D eigenvalue weighted by Gasteiger charge is -1.80. The molecule has 0 amide bonds. The van der Waals surface area contributed by atoms with E-state index in [0.29, 0.717) is 0 Å². The fourth-order valence-corrected chi connectivity index (χ4v) is 2.91. The van der Waals surface area contributed by atoms with E-state index in [-0.39, 0.29) is 0 Å². The monoisotopic (exact) mass is 300 g/mol. The first-order chi connectivity index (χ1) is 9.93. The molecule has 0 aliphatic rings. The van der Waals surface area contributed by atoms with Crippen molar-refractivity contribution in [2.45, 2.75) is 0 Å². The van der Waals surface area contributed by atoms with Crippen molar-refractivity contribution in [1.82, 2.24) is 8.75 Å². The highest BCUT2D eigenvalue weighted by molar-refractivity contribution is 7.13. The van der Waals surface area contributed by atoms with Gasteiger partial charge in [-0.25, -0.2) is 0 Å². The van der Waals surface area contributed by atoms with E-state index < -0.39 is 0 Å². The summed E-state index contributed by atoms with van der Waals surface area (Å²) in [7, 11) is 0. The minimum Gasteiger partial charge on any atom is -0.307 e. The zero-order valence-electron chi connectivity index (χ0n) is 10.6. The SMILES string of the molecule is C=O.c1ccc2sncc2c1.c1ccc2sncc2c1. The minimum atomic E-state index is 1.24. The Morgan fingerprint density at radius 2 is 1.10 bits per heavy atom. The maximum Gasteiger partial charge on any atom is 0.106 e. The van der Waals surface area contributed by atoms with Crippen LogP contribution in [0.25, 0.3) is 20.2 Å². The lowest BCUT2D eigenvalue weighted by atomic mass is 10.3. The summed E-state index contributed by atoms with van der Waals surface area (Å²) in [5, 5.41) is 2.48. The number of rotatable bonds is 0. The second kappa shape index (κ2) is 7.47. The topological polar surface area (TPSA) is 42.9 Å². The first-order valence-electron chi connectivity index (χ1n) is 5.81. The molecule has 4 aromatic rings. The Hall–Kier alpha value is -2.11. The lowest BCUT2D eigenvalue weighted by Crippen LogP contribution is -1.56. The van der Waals surface area contributed by atoms with Crippen LogP contribution in [-0.2, 0) is 4.79 Å². The predicted molar refractivity (Wildman–Crippen MR) is 86.4 cm³/mol. The van der Waals surface area contributed by atoms with Crippen molar-refractivity contribution in [3.05, 3.63) is 60.9 Å². The van der Waals surface area contributed by atoms with Gasteiger partial charge in [-0.05, 0) is 35.2 Å². The number of carbonyl (C=O) groups excluding carboxylic acids is 1. The summed E-state index contributed by atoms with van der Waals surface area (Å²) >= 11 is 3.07. The fourth-order valence-electron chi connectivity index (χ4n) is 1.62. The number of hydrogen-bond acceptors (Lipinski definition) is 5. The van der Waals surface area contributed by atoms with Crippen molar-refractivity contribution in [3.8, 4) is 0 Å². The zero-order chi connectivity index (χ0) is 14.2. The third kappa shape index (κ3) is 3.46.